The molecule has 1 aliphatic heterocycles. The predicted octanol–water partition coefficient (Wildman–Crippen LogP) is 8.41. The van der Waals surface area contributed by atoms with Gasteiger partial charge in [0.1, 0.15) is 0 Å². The van der Waals surface area contributed by atoms with Crippen LogP contribution in [0.4, 0.5) is 0 Å². The smallest absolute Gasteiger partial charge is 0.0646 e. The molecule has 1 aliphatic rings. The largest absolute Gasteiger partial charge is 0.288 e. The Labute approximate surface area is 192 Å². The highest BCUT2D eigenvalue weighted by Gasteiger charge is 2.20. The first-order valence-corrected chi connectivity index (χ1v) is 11.4. The van der Waals surface area contributed by atoms with Gasteiger partial charge in [0.05, 0.1) is 6.54 Å². The van der Waals surface area contributed by atoms with Gasteiger partial charge in [-0.1, -0.05) is 97.1 Å². The zero-order valence-electron chi connectivity index (χ0n) is 18.1. The van der Waals surface area contributed by atoms with Crippen LogP contribution in [-0.4, -0.2) is 6.21 Å². The van der Waals surface area contributed by atoms with E-state index in [0.29, 0.717) is 6.54 Å². The molecule has 0 aromatic heterocycles. The topological polar surface area (TPSA) is 12.4 Å². The molecule has 33 heavy (non-hydrogen) atoms. The van der Waals surface area contributed by atoms with E-state index in [1.54, 1.807) is 0 Å². The van der Waals surface area contributed by atoms with E-state index in [1.165, 1.54) is 65.7 Å². The van der Waals surface area contributed by atoms with Crippen LogP contribution in [0, 0.1) is 0 Å². The molecule has 7 rings (SSSR count). The highest BCUT2D eigenvalue weighted by molar-refractivity contribution is 6.15. The molecule has 1 heterocycles. The molecule has 6 aromatic carbocycles. The Balaban J connectivity index is 1.59. The van der Waals surface area contributed by atoms with Crippen molar-refractivity contribution in [2.24, 2.45) is 4.99 Å². The summed E-state index contributed by atoms with van der Waals surface area (Å²) >= 11 is 0. The van der Waals surface area contributed by atoms with Crippen molar-refractivity contribution in [1.82, 2.24) is 0 Å². The number of aliphatic imine (C=N–C) groups is 1. The summed E-state index contributed by atoms with van der Waals surface area (Å²) in [7, 11) is 0. The van der Waals surface area contributed by atoms with E-state index in [9.17, 15) is 0 Å². The average Bonchev–Trinajstić information content (AvgIpc) is 3.07. The first-order chi connectivity index (χ1) is 16.4. The zero-order chi connectivity index (χ0) is 21.8. The molecule has 0 fully saturated rings. The summed E-state index contributed by atoms with van der Waals surface area (Å²) in [6, 6.07) is 39.7. The Morgan fingerprint density at radius 1 is 0.515 bits per heavy atom. The fourth-order valence-electron chi connectivity index (χ4n) is 5.37. The van der Waals surface area contributed by atoms with Crippen molar-refractivity contribution in [2.45, 2.75) is 6.54 Å². The molecule has 0 unspecified atom stereocenters. The predicted molar refractivity (Wildman–Crippen MR) is 141 cm³/mol. The van der Waals surface area contributed by atoms with E-state index in [2.05, 4.69) is 109 Å². The van der Waals surface area contributed by atoms with Gasteiger partial charge >= 0.3 is 0 Å². The summed E-state index contributed by atoms with van der Waals surface area (Å²) in [6.07, 6.45) is 2.05. The number of benzene rings is 6. The summed E-state index contributed by atoms with van der Waals surface area (Å²) in [6.45, 7) is 0.684. The summed E-state index contributed by atoms with van der Waals surface area (Å²) in [5.41, 5.74) is 7.61. The molecule has 0 radical (unpaired) electrons. The van der Waals surface area contributed by atoms with Crippen molar-refractivity contribution < 1.29 is 0 Å². The van der Waals surface area contributed by atoms with Gasteiger partial charge in [-0.25, -0.2) is 0 Å². The van der Waals surface area contributed by atoms with Crippen molar-refractivity contribution in [1.29, 1.82) is 0 Å². The lowest BCUT2D eigenvalue weighted by molar-refractivity contribution is 1.09. The molecule has 0 atom stereocenters. The number of nitrogens with zero attached hydrogens (tertiary/aromatic N) is 1. The van der Waals surface area contributed by atoms with Crippen LogP contribution in [0.3, 0.4) is 0 Å². The van der Waals surface area contributed by atoms with Gasteiger partial charge < -0.3 is 0 Å². The zero-order valence-corrected chi connectivity index (χ0v) is 18.1. The second-order valence-corrected chi connectivity index (χ2v) is 8.79. The Morgan fingerprint density at radius 2 is 1.21 bits per heavy atom. The highest BCUT2D eigenvalue weighted by atomic mass is 14.7. The van der Waals surface area contributed by atoms with Crippen LogP contribution in [0.5, 0.6) is 0 Å². The fourth-order valence-corrected chi connectivity index (χ4v) is 5.37. The monoisotopic (exact) mass is 419 g/mol. The lowest BCUT2D eigenvalue weighted by atomic mass is 9.85. The minimum atomic E-state index is 0.684. The molecular weight excluding hydrogens is 398 g/mol. The van der Waals surface area contributed by atoms with Crippen LogP contribution in [0.25, 0.3) is 54.6 Å². The molecular formula is C32H21N. The molecule has 0 saturated carbocycles. The summed E-state index contributed by atoms with van der Waals surface area (Å²) in [4.78, 5) is 4.83. The molecule has 0 spiro atoms. The van der Waals surface area contributed by atoms with Gasteiger partial charge in [0.2, 0.25) is 0 Å². The van der Waals surface area contributed by atoms with Gasteiger partial charge in [-0.3, -0.25) is 4.99 Å². The summed E-state index contributed by atoms with van der Waals surface area (Å²) in [5, 5.41) is 7.66. The molecule has 1 heteroatoms. The van der Waals surface area contributed by atoms with E-state index in [-0.39, 0.29) is 0 Å². The Hall–Kier alpha value is -4.23. The van der Waals surface area contributed by atoms with E-state index < -0.39 is 0 Å². The standard InChI is InChI=1S/C32H21N/c1-2-9-23-17-24(15-13-21(23)7-1)30-18-26-20-33-19-25-16-14-22-8-3-4-10-27(22)31(25)32(26)29-12-6-5-11-28(29)30/h1-19H,20H2. The quantitative estimate of drug-likeness (QED) is 0.254. The Kier molecular flexibility index (Phi) is 3.97. The minimum absolute atomic E-state index is 0.684. The van der Waals surface area contributed by atoms with Crippen LogP contribution in [0.15, 0.2) is 114 Å². The number of fused-ring (bicyclic) bond motifs is 8. The van der Waals surface area contributed by atoms with Gasteiger partial charge in [-0.2, -0.15) is 0 Å². The number of rotatable bonds is 1. The molecule has 6 aromatic rings. The van der Waals surface area contributed by atoms with Crippen LogP contribution < -0.4 is 0 Å². The maximum absolute atomic E-state index is 4.83. The van der Waals surface area contributed by atoms with Gasteiger partial charge in [-0.15, -0.1) is 0 Å². The van der Waals surface area contributed by atoms with Crippen molar-refractivity contribution in [2.75, 3.05) is 0 Å². The van der Waals surface area contributed by atoms with E-state index in [4.69, 9.17) is 4.99 Å². The second-order valence-electron chi connectivity index (χ2n) is 8.79. The lowest BCUT2D eigenvalue weighted by Crippen LogP contribution is -1.95. The normalized spacial score (nSPS) is 12.6. The van der Waals surface area contributed by atoms with Crippen molar-refractivity contribution >= 4 is 38.5 Å². The van der Waals surface area contributed by atoms with Crippen molar-refractivity contribution in [3.8, 4) is 22.3 Å². The maximum Gasteiger partial charge on any atom is 0.0646 e. The average molecular weight is 420 g/mol. The first kappa shape index (κ1) is 18.4. The van der Waals surface area contributed by atoms with Crippen molar-refractivity contribution in [3.63, 3.8) is 0 Å². The molecule has 0 N–H and O–H groups in total. The lowest BCUT2D eigenvalue weighted by Gasteiger charge is -2.18. The van der Waals surface area contributed by atoms with Crippen LogP contribution >= 0.6 is 0 Å². The van der Waals surface area contributed by atoms with Gasteiger partial charge in [0, 0.05) is 11.8 Å². The third-order valence-corrected chi connectivity index (χ3v) is 6.89. The SMILES string of the molecule is C1=NCc2cc(-c3ccc4ccccc4c3)c3ccccc3c2-c2c1ccc1ccccc21. The molecule has 154 valence electrons. The third kappa shape index (κ3) is 2.83. The minimum Gasteiger partial charge on any atom is -0.288 e. The summed E-state index contributed by atoms with van der Waals surface area (Å²) < 4.78 is 0. The molecule has 0 amide bonds. The number of hydrogen-bond acceptors (Lipinski definition) is 1. The van der Waals surface area contributed by atoms with E-state index >= 15 is 0 Å². The second kappa shape index (κ2) is 7.15. The van der Waals surface area contributed by atoms with Crippen molar-refractivity contribution in [3.05, 3.63) is 120 Å². The third-order valence-electron chi connectivity index (χ3n) is 6.89. The van der Waals surface area contributed by atoms with Gasteiger partial charge in [0.15, 0.2) is 0 Å². The summed E-state index contributed by atoms with van der Waals surface area (Å²) in [5.74, 6) is 0. The molecule has 0 aliphatic carbocycles. The Bertz CT molecular complexity index is 1740. The molecule has 0 saturated heterocycles. The van der Waals surface area contributed by atoms with Gasteiger partial charge in [0.25, 0.3) is 0 Å². The van der Waals surface area contributed by atoms with Crippen LogP contribution in [0.1, 0.15) is 11.1 Å². The first-order valence-electron chi connectivity index (χ1n) is 11.4. The number of hydrogen-bond donors (Lipinski definition) is 0. The Morgan fingerprint density at radius 3 is 2.09 bits per heavy atom. The molecule has 0 bridgehead atoms. The van der Waals surface area contributed by atoms with E-state index in [1.807, 2.05) is 6.21 Å². The van der Waals surface area contributed by atoms with E-state index in [0.717, 1.165) is 0 Å². The van der Waals surface area contributed by atoms with Gasteiger partial charge in [-0.05, 0) is 72.3 Å². The maximum atomic E-state index is 4.83. The highest BCUT2D eigenvalue weighted by Crippen LogP contribution is 2.43. The van der Waals surface area contributed by atoms with Crippen LogP contribution in [0.2, 0.25) is 0 Å². The molecule has 1 nitrogen and oxygen atoms in total. The fraction of sp³-hybridized carbons (Fsp3) is 0.0312. The van der Waals surface area contributed by atoms with Crippen LogP contribution in [-0.2, 0) is 6.54 Å².